The summed E-state index contributed by atoms with van der Waals surface area (Å²) in [5.74, 6) is 2.41. The number of hydrogen-bond donors (Lipinski definition) is 2. The maximum atomic E-state index is 5.98. The minimum atomic E-state index is 0.549. The fourth-order valence-electron chi connectivity index (χ4n) is 3.38. The predicted octanol–water partition coefficient (Wildman–Crippen LogP) is 3.01. The molecule has 19 heavy (non-hydrogen) atoms. The molecule has 0 bridgehead atoms. The monoisotopic (exact) mass is 261 g/mol. The van der Waals surface area contributed by atoms with Crippen LogP contribution in [0.2, 0.25) is 0 Å². The summed E-state index contributed by atoms with van der Waals surface area (Å²) in [5.41, 5.74) is 7.17. The van der Waals surface area contributed by atoms with Gasteiger partial charge in [-0.3, -0.25) is 0 Å². The van der Waals surface area contributed by atoms with Gasteiger partial charge in [0, 0.05) is 12.2 Å². The van der Waals surface area contributed by atoms with Gasteiger partial charge in [-0.25, -0.2) is 4.98 Å². The molecule has 0 saturated heterocycles. The molecule has 1 fully saturated rings. The molecule has 2 rings (SSSR count). The van der Waals surface area contributed by atoms with Gasteiger partial charge in [-0.05, 0) is 49.3 Å². The van der Waals surface area contributed by atoms with Crippen LogP contribution in [0.1, 0.15) is 45.1 Å². The Bertz CT molecular complexity index is 391. The van der Waals surface area contributed by atoms with Gasteiger partial charge in [0.05, 0.1) is 0 Å². The van der Waals surface area contributed by atoms with Crippen molar-refractivity contribution >= 4 is 5.82 Å². The second kappa shape index (κ2) is 6.90. The highest BCUT2D eigenvalue weighted by atomic mass is 14.9. The van der Waals surface area contributed by atoms with E-state index in [-0.39, 0.29) is 0 Å². The third-order valence-electron chi connectivity index (χ3n) is 4.56. The van der Waals surface area contributed by atoms with E-state index in [1.807, 2.05) is 6.07 Å². The Balaban J connectivity index is 2.02. The zero-order valence-electron chi connectivity index (χ0n) is 12.2. The van der Waals surface area contributed by atoms with Crippen molar-refractivity contribution < 1.29 is 0 Å². The first-order valence-electron chi connectivity index (χ1n) is 7.67. The van der Waals surface area contributed by atoms with Gasteiger partial charge in [-0.15, -0.1) is 0 Å². The zero-order chi connectivity index (χ0) is 13.7. The van der Waals surface area contributed by atoms with E-state index in [1.54, 1.807) is 6.20 Å². The molecule has 3 N–H and O–H groups in total. The number of aromatic nitrogens is 1. The van der Waals surface area contributed by atoms with Crippen LogP contribution < -0.4 is 11.1 Å². The predicted molar refractivity (Wildman–Crippen MR) is 80.9 cm³/mol. The first-order valence-corrected chi connectivity index (χ1v) is 7.67. The van der Waals surface area contributed by atoms with E-state index in [2.05, 4.69) is 30.2 Å². The van der Waals surface area contributed by atoms with Gasteiger partial charge in [-0.2, -0.15) is 0 Å². The molecule has 0 aromatic carbocycles. The van der Waals surface area contributed by atoms with Crippen LogP contribution in [-0.2, 0) is 6.42 Å². The van der Waals surface area contributed by atoms with Crippen molar-refractivity contribution in [2.24, 2.45) is 11.8 Å². The van der Waals surface area contributed by atoms with Gasteiger partial charge >= 0.3 is 0 Å². The van der Waals surface area contributed by atoms with Crippen LogP contribution in [0.5, 0.6) is 0 Å². The molecular formula is C16H27N3. The molecule has 0 radical (unpaired) electrons. The Morgan fingerprint density at radius 3 is 2.89 bits per heavy atom. The second-order valence-corrected chi connectivity index (χ2v) is 5.76. The molecule has 0 aliphatic heterocycles. The fourth-order valence-corrected chi connectivity index (χ4v) is 3.38. The number of pyridine rings is 1. The van der Waals surface area contributed by atoms with E-state index in [1.165, 1.54) is 31.2 Å². The van der Waals surface area contributed by atoms with Crippen molar-refractivity contribution in [3.05, 3.63) is 23.9 Å². The van der Waals surface area contributed by atoms with Crippen molar-refractivity contribution in [2.75, 3.05) is 12.3 Å². The molecule has 3 atom stereocenters. The number of nitrogens with zero attached hydrogens (tertiary/aromatic N) is 1. The number of nitrogen functional groups attached to an aromatic ring is 1. The lowest BCUT2D eigenvalue weighted by Crippen LogP contribution is -2.37. The third kappa shape index (κ3) is 3.69. The quantitative estimate of drug-likeness (QED) is 0.827. The summed E-state index contributed by atoms with van der Waals surface area (Å²) in [4.78, 5) is 4.20. The molecule has 1 aliphatic rings. The van der Waals surface area contributed by atoms with Crippen LogP contribution in [0.15, 0.2) is 18.3 Å². The lowest BCUT2D eigenvalue weighted by atomic mass is 9.91. The minimum absolute atomic E-state index is 0.549. The Kier molecular flexibility index (Phi) is 5.20. The van der Waals surface area contributed by atoms with Gasteiger partial charge < -0.3 is 11.1 Å². The van der Waals surface area contributed by atoms with Crippen LogP contribution in [0.25, 0.3) is 0 Å². The maximum absolute atomic E-state index is 5.98. The first-order chi connectivity index (χ1) is 9.24. The molecular weight excluding hydrogens is 234 g/mol. The van der Waals surface area contributed by atoms with Gasteiger partial charge in [0.15, 0.2) is 0 Å². The zero-order valence-corrected chi connectivity index (χ0v) is 12.2. The Hall–Kier alpha value is -1.09. The Morgan fingerprint density at radius 2 is 2.26 bits per heavy atom. The molecule has 1 heterocycles. The molecule has 3 unspecified atom stereocenters. The van der Waals surface area contributed by atoms with Crippen LogP contribution in [0.4, 0.5) is 5.82 Å². The second-order valence-electron chi connectivity index (χ2n) is 5.76. The lowest BCUT2D eigenvalue weighted by molar-refractivity contribution is 0.349. The largest absolute Gasteiger partial charge is 0.383 e. The summed E-state index contributed by atoms with van der Waals surface area (Å²) in [6, 6.07) is 4.64. The van der Waals surface area contributed by atoms with E-state index >= 15 is 0 Å². The highest BCUT2D eigenvalue weighted by molar-refractivity contribution is 5.39. The number of hydrogen-bond acceptors (Lipinski definition) is 3. The van der Waals surface area contributed by atoms with E-state index in [0.29, 0.717) is 11.9 Å². The molecule has 1 saturated carbocycles. The standard InChI is InChI=1S/C16H27N3/c1-3-12-7-8-13(10-12)15(18-4-2)11-14-6-5-9-19-16(14)17/h5-6,9,12-13,15,18H,3-4,7-8,10-11H2,1-2H3,(H2,17,19). The van der Waals surface area contributed by atoms with Crippen LogP contribution in [-0.4, -0.2) is 17.6 Å². The molecule has 106 valence electrons. The van der Waals surface area contributed by atoms with Crippen molar-refractivity contribution in [3.63, 3.8) is 0 Å². The molecule has 3 nitrogen and oxygen atoms in total. The fraction of sp³-hybridized carbons (Fsp3) is 0.688. The van der Waals surface area contributed by atoms with Crippen molar-refractivity contribution in [1.82, 2.24) is 10.3 Å². The van der Waals surface area contributed by atoms with E-state index in [4.69, 9.17) is 5.73 Å². The summed E-state index contributed by atoms with van der Waals surface area (Å²) >= 11 is 0. The van der Waals surface area contributed by atoms with Gasteiger partial charge in [0.2, 0.25) is 0 Å². The highest BCUT2D eigenvalue weighted by Crippen LogP contribution is 2.36. The summed E-state index contributed by atoms with van der Waals surface area (Å²) in [6.45, 7) is 5.53. The normalized spacial score (nSPS) is 24.5. The Labute approximate surface area is 117 Å². The minimum Gasteiger partial charge on any atom is -0.383 e. The van der Waals surface area contributed by atoms with Gasteiger partial charge in [-0.1, -0.05) is 32.8 Å². The SMILES string of the molecule is CCNC(Cc1cccnc1N)C1CCC(CC)C1. The van der Waals surface area contributed by atoms with Crippen molar-refractivity contribution in [3.8, 4) is 0 Å². The topological polar surface area (TPSA) is 50.9 Å². The van der Waals surface area contributed by atoms with Gasteiger partial charge in [0.25, 0.3) is 0 Å². The lowest BCUT2D eigenvalue weighted by Gasteiger charge is -2.25. The van der Waals surface area contributed by atoms with Crippen LogP contribution >= 0.6 is 0 Å². The molecule has 1 aromatic heterocycles. The van der Waals surface area contributed by atoms with Crippen molar-refractivity contribution in [2.45, 2.75) is 52.0 Å². The number of likely N-dealkylation sites (N-methyl/N-ethyl adjacent to an activating group) is 1. The van der Waals surface area contributed by atoms with Crippen LogP contribution in [0.3, 0.4) is 0 Å². The summed E-state index contributed by atoms with van der Waals surface area (Å²) in [6.07, 6.45) is 8.22. The van der Waals surface area contributed by atoms with Crippen LogP contribution in [0, 0.1) is 11.8 Å². The molecule has 3 heteroatoms. The molecule has 0 amide bonds. The third-order valence-corrected chi connectivity index (χ3v) is 4.56. The maximum Gasteiger partial charge on any atom is 0.126 e. The number of nitrogens with one attached hydrogen (secondary N) is 1. The molecule has 1 aromatic rings. The van der Waals surface area contributed by atoms with E-state index < -0.39 is 0 Å². The highest BCUT2D eigenvalue weighted by Gasteiger charge is 2.29. The summed E-state index contributed by atoms with van der Waals surface area (Å²) in [5, 5.41) is 3.66. The average molecular weight is 261 g/mol. The first kappa shape index (κ1) is 14.3. The molecule has 0 spiro atoms. The summed E-state index contributed by atoms with van der Waals surface area (Å²) in [7, 11) is 0. The average Bonchev–Trinajstić information content (AvgIpc) is 2.89. The van der Waals surface area contributed by atoms with Gasteiger partial charge in [0.1, 0.15) is 5.82 Å². The number of rotatable bonds is 6. The number of nitrogens with two attached hydrogens (primary N) is 1. The number of anilines is 1. The van der Waals surface area contributed by atoms with Crippen molar-refractivity contribution in [1.29, 1.82) is 0 Å². The Morgan fingerprint density at radius 1 is 1.42 bits per heavy atom. The smallest absolute Gasteiger partial charge is 0.126 e. The van der Waals surface area contributed by atoms with E-state index in [9.17, 15) is 0 Å². The van der Waals surface area contributed by atoms with E-state index in [0.717, 1.165) is 24.8 Å². The molecule has 1 aliphatic carbocycles. The summed E-state index contributed by atoms with van der Waals surface area (Å²) < 4.78 is 0.